The quantitative estimate of drug-likeness (QED) is 0.412. The van der Waals surface area contributed by atoms with Gasteiger partial charge in [0.25, 0.3) is 5.91 Å². The summed E-state index contributed by atoms with van der Waals surface area (Å²) in [6.45, 7) is 5.21. The number of amides is 2. The maximum Gasteiger partial charge on any atom is 0.270 e. The lowest BCUT2D eigenvalue weighted by Gasteiger charge is -2.25. The molecule has 9 nitrogen and oxygen atoms in total. The van der Waals surface area contributed by atoms with Gasteiger partial charge in [0.1, 0.15) is 5.69 Å². The van der Waals surface area contributed by atoms with E-state index in [9.17, 15) is 9.59 Å². The Morgan fingerprint density at radius 2 is 2.00 bits per heavy atom. The number of nitrogens with two attached hydrogens (primary N) is 1. The van der Waals surface area contributed by atoms with Gasteiger partial charge in [-0.05, 0) is 44.7 Å². The van der Waals surface area contributed by atoms with Crippen LogP contribution in [0.2, 0.25) is 0 Å². The molecule has 0 aliphatic carbocycles. The summed E-state index contributed by atoms with van der Waals surface area (Å²) in [5, 5.41) is 14.5. The smallest absolute Gasteiger partial charge is 0.270 e. The molecule has 0 unspecified atom stereocenters. The standard InChI is InChI=1S/C20H34N6O3/c1-13(2)9-14-10-17(25-20(21)24-14)19(29)23-12-16-6-5-15(26(16)3)11-18(28)22-7-4-8-27/h10,13,15-16,27H,4-9,11-12H2,1-3H3,(H,22,28)(H,23,29)(H2,21,24,25)/t15-,16+/m1/s1. The van der Waals surface area contributed by atoms with Gasteiger partial charge in [-0.15, -0.1) is 0 Å². The van der Waals surface area contributed by atoms with E-state index in [4.69, 9.17) is 10.8 Å². The Balaban J connectivity index is 1.84. The minimum absolute atomic E-state index is 0.00544. The number of aromatic nitrogens is 2. The summed E-state index contributed by atoms with van der Waals surface area (Å²) in [4.78, 5) is 35.0. The number of aliphatic hydroxyl groups is 1. The van der Waals surface area contributed by atoms with Gasteiger partial charge in [-0.3, -0.25) is 14.5 Å². The summed E-state index contributed by atoms with van der Waals surface area (Å²) in [5.41, 5.74) is 6.81. The van der Waals surface area contributed by atoms with Gasteiger partial charge < -0.3 is 21.5 Å². The second kappa shape index (κ2) is 11.1. The summed E-state index contributed by atoms with van der Waals surface area (Å²) >= 11 is 0. The number of carbonyl (C=O) groups excluding carboxylic acids is 2. The van der Waals surface area contributed by atoms with Gasteiger partial charge >= 0.3 is 0 Å². The van der Waals surface area contributed by atoms with E-state index < -0.39 is 0 Å². The molecular weight excluding hydrogens is 372 g/mol. The second-order valence-electron chi connectivity index (χ2n) is 8.09. The van der Waals surface area contributed by atoms with Crippen molar-refractivity contribution in [3.05, 3.63) is 17.5 Å². The summed E-state index contributed by atoms with van der Waals surface area (Å²) < 4.78 is 0. The number of likely N-dealkylation sites (tertiary alicyclic amines) is 1. The number of nitrogens with zero attached hydrogens (tertiary/aromatic N) is 3. The molecule has 9 heteroatoms. The van der Waals surface area contributed by atoms with E-state index in [1.165, 1.54) is 0 Å². The Morgan fingerprint density at radius 1 is 1.28 bits per heavy atom. The Hall–Kier alpha value is -2.26. The third kappa shape index (κ3) is 7.25. The fraction of sp³-hybridized carbons (Fsp3) is 0.700. The summed E-state index contributed by atoms with van der Waals surface area (Å²) in [5.74, 6) is 0.250. The predicted molar refractivity (Wildman–Crippen MR) is 111 cm³/mol. The highest BCUT2D eigenvalue weighted by atomic mass is 16.3. The van der Waals surface area contributed by atoms with Crippen molar-refractivity contribution in [2.24, 2.45) is 5.92 Å². The van der Waals surface area contributed by atoms with Crippen LogP contribution in [0.1, 0.15) is 55.7 Å². The van der Waals surface area contributed by atoms with Gasteiger partial charge in [0.2, 0.25) is 11.9 Å². The number of carbonyl (C=O) groups is 2. The molecule has 2 rings (SSSR count). The maximum atomic E-state index is 12.5. The predicted octanol–water partition coefficient (Wildman–Crippen LogP) is 0.339. The lowest BCUT2D eigenvalue weighted by molar-refractivity contribution is -0.122. The van der Waals surface area contributed by atoms with E-state index in [0.29, 0.717) is 31.8 Å². The topological polar surface area (TPSA) is 133 Å². The number of nitrogens with one attached hydrogen (secondary N) is 2. The summed E-state index contributed by atoms with van der Waals surface area (Å²) in [7, 11) is 1.99. The zero-order valence-electron chi connectivity index (χ0n) is 17.6. The van der Waals surface area contributed by atoms with Gasteiger partial charge in [-0.25, -0.2) is 9.97 Å². The third-order valence-corrected chi connectivity index (χ3v) is 5.21. The summed E-state index contributed by atoms with van der Waals surface area (Å²) in [6.07, 6.45) is 3.54. The molecule has 162 valence electrons. The van der Waals surface area contributed by atoms with Crippen molar-refractivity contribution in [1.82, 2.24) is 25.5 Å². The highest BCUT2D eigenvalue weighted by Crippen LogP contribution is 2.24. The van der Waals surface area contributed by atoms with E-state index in [1.807, 2.05) is 7.05 Å². The van der Waals surface area contributed by atoms with E-state index in [1.54, 1.807) is 6.07 Å². The van der Waals surface area contributed by atoms with Crippen LogP contribution < -0.4 is 16.4 Å². The molecule has 1 fully saturated rings. The van der Waals surface area contributed by atoms with Crippen LogP contribution in [0.15, 0.2) is 6.07 Å². The third-order valence-electron chi connectivity index (χ3n) is 5.21. The molecule has 2 atom stereocenters. The van der Waals surface area contributed by atoms with Gasteiger partial charge in [0, 0.05) is 43.9 Å². The molecule has 0 radical (unpaired) electrons. The normalized spacial score (nSPS) is 19.5. The van der Waals surface area contributed by atoms with Crippen molar-refractivity contribution in [1.29, 1.82) is 0 Å². The van der Waals surface area contributed by atoms with E-state index in [-0.39, 0.29) is 42.1 Å². The molecule has 1 aliphatic rings. The van der Waals surface area contributed by atoms with Crippen LogP contribution >= 0.6 is 0 Å². The highest BCUT2D eigenvalue weighted by Gasteiger charge is 2.32. The number of likely N-dealkylation sites (N-methyl/N-ethyl adjacent to an activating group) is 1. The molecule has 0 bridgehead atoms. The number of hydrogen-bond acceptors (Lipinski definition) is 7. The number of anilines is 1. The molecule has 2 amide bonds. The fourth-order valence-corrected chi connectivity index (χ4v) is 3.63. The van der Waals surface area contributed by atoms with Crippen LogP contribution in [0.25, 0.3) is 0 Å². The first-order valence-electron chi connectivity index (χ1n) is 10.3. The molecule has 0 spiro atoms. The van der Waals surface area contributed by atoms with Crippen molar-refractivity contribution in [3.8, 4) is 0 Å². The molecule has 0 saturated carbocycles. The average molecular weight is 407 g/mol. The lowest BCUT2D eigenvalue weighted by Crippen LogP contribution is -2.42. The molecule has 1 aromatic heterocycles. The van der Waals surface area contributed by atoms with Crippen molar-refractivity contribution in [2.45, 2.75) is 58.0 Å². The number of aliphatic hydroxyl groups excluding tert-OH is 1. The minimum atomic E-state index is -0.261. The summed E-state index contributed by atoms with van der Waals surface area (Å²) in [6, 6.07) is 2.02. The van der Waals surface area contributed by atoms with E-state index in [2.05, 4.69) is 39.3 Å². The first kappa shape index (κ1) is 23.0. The van der Waals surface area contributed by atoms with Crippen molar-refractivity contribution >= 4 is 17.8 Å². The van der Waals surface area contributed by atoms with Crippen molar-refractivity contribution < 1.29 is 14.7 Å². The van der Waals surface area contributed by atoms with Crippen LogP contribution in [-0.4, -0.2) is 70.6 Å². The minimum Gasteiger partial charge on any atom is -0.396 e. The van der Waals surface area contributed by atoms with Crippen molar-refractivity contribution in [2.75, 3.05) is 32.5 Å². The van der Waals surface area contributed by atoms with Crippen LogP contribution in [0, 0.1) is 5.92 Å². The lowest BCUT2D eigenvalue weighted by atomic mass is 10.1. The fourth-order valence-electron chi connectivity index (χ4n) is 3.63. The molecule has 1 aromatic rings. The van der Waals surface area contributed by atoms with Gasteiger partial charge in [0.05, 0.1) is 0 Å². The van der Waals surface area contributed by atoms with Crippen LogP contribution in [0.4, 0.5) is 5.95 Å². The Bertz CT molecular complexity index is 697. The van der Waals surface area contributed by atoms with Crippen molar-refractivity contribution in [3.63, 3.8) is 0 Å². The zero-order valence-corrected chi connectivity index (χ0v) is 17.6. The van der Waals surface area contributed by atoms with E-state index in [0.717, 1.165) is 25.0 Å². The van der Waals surface area contributed by atoms with Crippen LogP contribution in [0.3, 0.4) is 0 Å². The Labute approximate surface area is 172 Å². The highest BCUT2D eigenvalue weighted by molar-refractivity contribution is 5.92. The Kier molecular flexibility index (Phi) is 8.78. The first-order valence-corrected chi connectivity index (χ1v) is 10.3. The average Bonchev–Trinajstić information content (AvgIpc) is 2.98. The number of nitrogen functional groups attached to an aromatic ring is 1. The maximum absolute atomic E-state index is 12.5. The number of hydrogen-bond donors (Lipinski definition) is 4. The Morgan fingerprint density at radius 3 is 2.69 bits per heavy atom. The molecule has 1 saturated heterocycles. The SMILES string of the molecule is CC(C)Cc1cc(C(=O)NC[C@@H]2CC[C@H](CC(=O)NCCCO)N2C)nc(N)n1. The van der Waals surface area contributed by atoms with E-state index >= 15 is 0 Å². The van der Waals surface area contributed by atoms with Crippen LogP contribution in [-0.2, 0) is 11.2 Å². The molecular formula is C20H34N6O3. The monoisotopic (exact) mass is 406 g/mol. The second-order valence-corrected chi connectivity index (χ2v) is 8.09. The molecule has 0 aromatic carbocycles. The van der Waals surface area contributed by atoms with Gasteiger partial charge in [0.15, 0.2) is 0 Å². The number of rotatable bonds is 10. The molecule has 2 heterocycles. The largest absolute Gasteiger partial charge is 0.396 e. The molecule has 29 heavy (non-hydrogen) atoms. The first-order chi connectivity index (χ1) is 13.8. The van der Waals surface area contributed by atoms with Gasteiger partial charge in [-0.2, -0.15) is 0 Å². The molecule has 5 N–H and O–H groups in total. The zero-order chi connectivity index (χ0) is 21.4. The van der Waals surface area contributed by atoms with Gasteiger partial charge in [-0.1, -0.05) is 13.8 Å². The van der Waals surface area contributed by atoms with Crippen LogP contribution in [0.5, 0.6) is 0 Å². The molecule has 1 aliphatic heterocycles.